The van der Waals surface area contributed by atoms with E-state index in [-0.39, 0.29) is 29.1 Å². The molecule has 0 fully saturated rings. The average Bonchev–Trinajstić information content (AvgIpc) is 3.10. The quantitative estimate of drug-likeness (QED) is 0.415. The third-order valence-corrected chi connectivity index (χ3v) is 5.64. The molecule has 0 aliphatic heterocycles. The summed E-state index contributed by atoms with van der Waals surface area (Å²) < 4.78 is 18.6. The summed E-state index contributed by atoms with van der Waals surface area (Å²) in [5.74, 6) is -0.680. The molecule has 0 aliphatic carbocycles. The van der Waals surface area contributed by atoms with Crippen molar-refractivity contribution in [3.8, 4) is 5.75 Å². The summed E-state index contributed by atoms with van der Waals surface area (Å²) in [5.41, 5.74) is 0.677. The molecule has 0 N–H and O–H groups in total. The maximum Gasteiger partial charge on any atom is 0.326 e. The first-order valence-electron chi connectivity index (χ1n) is 10.0. The van der Waals surface area contributed by atoms with E-state index in [2.05, 4.69) is 4.99 Å². The van der Waals surface area contributed by atoms with Crippen molar-refractivity contribution in [2.45, 2.75) is 20.4 Å². The Bertz CT molecular complexity index is 1450. The highest BCUT2D eigenvalue weighted by Gasteiger charge is 2.16. The fourth-order valence-electron chi connectivity index (χ4n) is 3.24. The van der Waals surface area contributed by atoms with Crippen LogP contribution in [0.25, 0.3) is 21.2 Å². The minimum atomic E-state index is -0.720. The lowest BCUT2D eigenvalue weighted by atomic mass is 10.2. The van der Waals surface area contributed by atoms with Gasteiger partial charge in [-0.15, -0.1) is 0 Å². The van der Waals surface area contributed by atoms with Crippen LogP contribution in [0.1, 0.15) is 24.4 Å². The lowest BCUT2D eigenvalue weighted by molar-refractivity contribution is -0.143. The highest BCUT2D eigenvalue weighted by molar-refractivity contribution is 7.16. The van der Waals surface area contributed by atoms with Gasteiger partial charge in [0.05, 0.1) is 28.8 Å². The average molecular weight is 452 g/mol. The van der Waals surface area contributed by atoms with Crippen LogP contribution >= 0.6 is 11.3 Å². The number of nitrogens with zero attached hydrogens (tertiary/aromatic N) is 2. The van der Waals surface area contributed by atoms with Gasteiger partial charge in [0.1, 0.15) is 17.9 Å². The molecular weight excluding hydrogens is 432 g/mol. The van der Waals surface area contributed by atoms with Gasteiger partial charge in [0.2, 0.25) is 0 Å². The van der Waals surface area contributed by atoms with Crippen molar-refractivity contribution in [1.82, 2.24) is 4.57 Å². The monoisotopic (exact) mass is 452 g/mol. The number of rotatable bonds is 6. The van der Waals surface area contributed by atoms with Crippen LogP contribution in [0, 0.1) is 0 Å². The zero-order valence-corrected chi connectivity index (χ0v) is 18.3. The number of hydrogen-bond donors (Lipinski definition) is 0. The number of benzene rings is 2. The Balaban J connectivity index is 1.83. The standard InChI is InChI=1S/C23H20N2O6S/c1-3-29-14-9-10-16-20(11-14)32-23(25(16)13-21(27)30-4-2)24-22(28)19-12-17(26)15-7-5-6-8-18(15)31-19/h5-12H,3-4,13H2,1-2H3. The largest absolute Gasteiger partial charge is 0.494 e. The molecule has 32 heavy (non-hydrogen) atoms. The molecule has 0 atom stereocenters. The molecular formula is C23H20N2O6S. The molecule has 0 saturated carbocycles. The number of carbonyl (C=O) groups excluding carboxylic acids is 2. The molecule has 8 nitrogen and oxygen atoms in total. The molecule has 164 valence electrons. The van der Waals surface area contributed by atoms with Gasteiger partial charge in [-0.05, 0) is 44.2 Å². The Kier molecular flexibility index (Phi) is 6.18. The predicted octanol–water partition coefficient (Wildman–Crippen LogP) is 3.51. The molecule has 0 radical (unpaired) electrons. The van der Waals surface area contributed by atoms with Gasteiger partial charge >= 0.3 is 11.9 Å². The van der Waals surface area contributed by atoms with E-state index >= 15 is 0 Å². The molecule has 4 aromatic rings. The Morgan fingerprint density at radius 2 is 1.91 bits per heavy atom. The first kappa shape index (κ1) is 21.5. The first-order valence-corrected chi connectivity index (χ1v) is 10.9. The van der Waals surface area contributed by atoms with Gasteiger partial charge in [0.25, 0.3) is 0 Å². The van der Waals surface area contributed by atoms with Crippen molar-refractivity contribution in [3.63, 3.8) is 0 Å². The second-order valence-corrected chi connectivity index (χ2v) is 7.74. The SMILES string of the molecule is CCOC(=O)Cn1c(=NC(=O)c2cc(=O)c3ccccc3o2)sc2cc(OCC)ccc21. The van der Waals surface area contributed by atoms with Gasteiger partial charge in [-0.3, -0.25) is 14.4 Å². The highest BCUT2D eigenvalue weighted by atomic mass is 32.1. The minimum Gasteiger partial charge on any atom is -0.494 e. The summed E-state index contributed by atoms with van der Waals surface area (Å²) in [7, 11) is 0. The fourth-order valence-corrected chi connectivity index (χ4v) is 4.29. The molecule has 0 saturated heterocycles. The van der Waals surface area contributed by atoms with Crippen LogP contribution in [-0.4, -0.2) is 29.7 Å². The number of para-hydroxylation sites is 1. The number of aromatic nitrogens is 1. The van der Waals surface area contributed by atoms with E-state index in [4.69, 9.17) is 13.9 Å². The van der Waals surface area contributed by atoms with Gasteiger partial charge in [-0.2, -0.15) is 4.99 Å². The molecule has 2 aromatic heterocycles. The van der Waals surface area contributed by atoms with Crippen LogP contribution in [0.3, 0.4) is 0 Å². The van der Waals surface area contributed by atoms with Crippen LogP contribution < -0.4 is 15.0 Å². The molecule has 2 heterocycles. The summed E-state index contributed by atoms with van der Waals surface area (Å²) in [6.07, 6.45) is 0. The molecule has 0 bridgehead atoms. The number of esters is 1. The maximum atomic E-state index is 12.9. The van der Waals surface area contributed by atoms with Crippen molar-refractivity contribution in [1.29, 1.82) is 0 Å². The van der Waals surface area contributed by atoms with E-state index in [9.17, 15) is 14.4 Å². The lowest BCUT2D eigenvalue weighted by Crippen LogP contribution is -2.23. The fraction of sp³-hybridized carbons (Fsp3) is 0.217. The van der Waals surface area contributed by atoms with Gasteiger partial charge < -0.3 is 18.5 Å². The van der Waals surface area contributed by atoms with Crippen LogP contribution in [0.4, 0.5) is 0 Å². The molecule has 0 spiro atoms. The normalized spacial score (nSPS) is 11.8. The van der Waals surface area contributed by atoms with Gasteiger partial charge in [0.15, 0.2) is 16.0 Å². The number of thiazole rings is 1. The third-order valence-electron chi connectivity index (χ3n) is 4.60. The highest BCUT2D eigenvalue weighted by Crippen LogP contribution is 2.24. The van der Waals surface area contributed by atoms with E-state index in [0.717, 1.165) is 10.8 Å². The Hall–Kier alpha value is -3.72. The Labute approximate surface area is 186 Å². The first-order chi connectivity index (χ1) is 15.5. The van der Waals surface area contributed by atoms with E-state index < -0.39 is 11.9 Å². The van der Waals surface area contributed by atoms with Crippen LogP contribution in [0.2, 0.25) is 0 Å². The molecule has 2 aromatic carbocycles. The summed E-state index contributed by atoms with van der Waals surface area (Å²) in [5, 5.41) is 0.381. The topological polar surface area (TPSA) is 100 Å². The number of fused-ring (bicyclic) bond motifs is 2. The second-order valence-electron chi connectivity index (χ2n) is 6.73. The maximum absolute atomic E-state index is 12.9. The van der Waals surface area contributed by atoms with E-state index in [0.29, 0.717) is 28.8 Å². The summed E-state index contributed by atoms with van der Waals surface area (Å²) in [6, 6.07) is 13.2. The zero-order valence-electron chi connectivity index (χ0n) is 17.5. The van der Waals surface area contributed by atoms with E-state index in [1.807, 2.05) is 13.0 Å². The van der Waals surface area contributed by atoms with Crippen LogP contribution in [0.15, 0.2) is 62.7 Å². The van der Waals surface area contributed by atoms with Gasteiger partial charge in [0, 0.05) is 6.07 Å². The van der Waals surface area contributed by atoms with Crippen molar-refractivity contribution >= 4 is 44.4 Å². The Morgan fingerprint density at radius 1 is 1.09 bits per heavy atom. The van der Waals surface area contributed by atoms with Crippen LogP contribution in [0.5, 0.6) is 5.75 Å². The van der Waals surface area contributed by atoms with Crippen LogP contribution in [-0.2, 0) is 16.1 Å². The lowest BCUT2D eigenvalue weighted by Gasteiger charge is -2.06. The number of hydrogen-bond acceptors (Lipinski definition) is 7. The van der Waals surface area contributed by atoms with E-state index in [1.54, 1.807) is 47.9 Å². The summed E-state index contributed by atoms with van der Waals surface area (Å²) in [4.78, 5) is 41.8. The third kappa shape index (κ3) is 4.33. The number of ether oxygens (including phenoxy) is 2. The van der Waals surface area contributed by atoms with E-state index in [1.165, 1.54) is 11.3 Å². The van der Waals surface area contributed by atoms with Crippen molar-refractivity contribution < 1.29 is 23.5 Å². The molecule has 0 aliphatic rings. The second kappa shape index (κ2) is 9.19. The Morgan fingerprint density at radius 3 is 2.69 bits per heavy atom. The van der Waals surface area contributed by atoms with Crippen molar-refractivity contribution in [2.75, 3.05) is 13.2 Å². The summed E-state index contributed by atoms with van der Waals surface area (Å²) in [6.45, 7) is 4.24. The predicted molar refractivity (Wildman–Crippen MR) is 120 cm³/mol. The van der Waals surface area contributed by atoms with Gasteiger partial charge in [-0.1, -0.05) is 23.5 Å². The van der Waals surface area contributed by atoms with Crippen molar-refractivity contribution in [2.24, 2.45) is 4.99 Å². The molecule has 4 rings (SSSR count). The van der Waals surface area contributed by atoms with Gasteiger partial charge in [-0.25, -0.2) is 0 Å². The zero-order chi connectivity index (χ0) is 22.7. The van der Waals surface area contributed by atoms with Crippen molar-refractivity contribution in [3.05, 3.63) is 69.3 Å². The molecule has 1 amide bonds. The number of carbonyl (C=O) groups is 2. The minimum absolute atomic E-state index is 0.115. The number of amides is 1. The molecule has 0 unspecified atom stereocenters. The smallest absolute Gasteiger partial charge is 0.326 e. The molecule has 9 heteroatoms. The summed E-state index contributed by atoms with van der Waals surface area (Å²) >= 11 is 1.22.